The van der Waals surface area contributed by atoms with E-state index < -0.39 is 0 Å². The van der Waals surface area contributed by atoms with E-state index in [2.05, 4.69) is 28.1 Å². The number of para-hydroxylation sites is 1. The van der Waals surface area contributed by atoms with Gasteiger partial charge in [-0.05, 0) is 25.0 Å². The molecule has 2 aromatic heterocycles. The fourth-order valence-corrected chi connectivity index (χ4v) is 4.22. The Morgan fingerprint density at radius 1 is 1.35 bits per heavy atom. The van der Waals surface area contributed by atoms with Gasteiger partial charge < -0.3 is 9.32 Å². The van der Waals surface area contributed by atoms with E-state index in [1.807, 2.05) is 12.1 Å². The van der Waals surface area contributed by atoms with Crippen molar-refractivity contribution in [1.29, 1.82) is 5.26 Å². The maximum Gasteiger partial charge on any atom is 0.234 e. The molecule has 4 rings (SSSR count). The number of aromatic nitrogens is 2. The van der Waals surface area contributed by atoms with Gasteiger partial charge in [-0.3, -0.25) is 0 Å². The summed E-state index contributed by atoms with van der Waals surface area (Å²) in [6.07, 6.45) is 2.18. The third-order valence-corrected chi connectivity index (χ3v) is 5.39. The number of oxazole rings is 1. The second kappa shape index (κ2) is 5.67. The number of piperidine rings is 1. The lowest BCUT2D eigenvalue weighted by atomic mass is 9.99. The number of hydrogen-bond donors (Lipinski definition) is 0. The van der Waals surface area contributed by atoms with E-state index in [0.29, 0.717) is 23.4 Å². The summed E-state index contributed by atoms with van der Waals surface area (Å²) in [6, 6.07) is 10.4. The lowest BCUT2D eigenvalue weighted by Crippen LogP contribution is -2.34. The molecule has 6 heteroatoms. The number of aryl methyl sites for hydroxylation is 1. The van der Waals surface area contributed by atoms with Crippen LogP contribution in [0.15, 0.2) is 28.7 Å². The summed E-state index contributed by atoms with van der Waals surface area (Å²) in [7, 11) is 0. The van der Waals surface area contributed by atoms with Gasteiger partial charge in [0.1, 0.15) is 6.07 Å². The van der Waals surface area contributed by atoms with Gasteiger partial charge in [0.15, 0.2) is 5.89 Å². The molecule has 1 fully saturated rings. The number of benzene rings is 1. The number of anilines is 1. The molecule has 0 N–H and O–H groups in total. The van der Waals surface area contributed by atoms with Crippen LogP contribution in [0, 0.1) is 18.3 Å². The predicted molar refractivity (Wildman–Crippen MR) is 89.8 cm³/mol. The van der Waals surface area contributed by atoms with E-state index in [1.165, 1.54) is 9.71 Å². The van der Waals surface area contributed by atoms with Crippen molar-refractivity contribution in [3.8, 4) is 6.07 Å². The number of hydrogen-bond acceptors (Lipinski definition) is 6. The quantitative estimate of drug-likeness (QED) is 0.716. The van der Waals surface area contributed by atoms with Crippen molar-refractivity contribution in [3.63, 3.8) is 0 Å². The van der Waals surface area contributed by atoms with Crippen LogP contribution >= 0.6 is 11.3 Å². The van der Waals surface area contributed by atoms with Crippen molar-refractivity contribution in [2.24, 2.45) is 0 Å². The molecule has 0 spiro atoms. The van der Waals surface area contributed by atoms with Crippen LogP contribution in [0.1, 0.15) is 35.4 Å². The molecule has 0 aliphatic carbocycles. The van der Waals surface area contributed by atoms with Crippen LogP contribution in [0.25, 0.3) is 10.2 Å². The molecular formula is C17H16N4OS. The van der Waals surface area contributed by atoms with E-state index in [9.17, 15) is 5.26 Å². The molecule has 1 aliphatic heterocycles. The van der Waals surface area contributed by atoms with Crippen molar-refractivity contribution in [2.45, 2.75) is 25.7 Å². The average Bonchev–Trinajstić information content (AvgIpc) is 3.18. The molecule has 1 saturated heterocycles. The van der Waals surface area contributed by atoms with Gasteiger partial charge in [-0.1, -0.05) is 12.1 Å². The van der Waals surface area contributed by atoms with Crippen molar-refractivity contribution >= 4 is 27.4 Å². The Bertz CT molecular complexity index is 859. The van der Waals surface area contributed by atoms with Crippen LogP contribution in [0.3, 0.4) is 0 Å². The Morgan fingerprint density at radius 3 is 3.04 bits per heavy atom. The minimum Gasteiger partial charge on any atom is -0.424 e. The molecular weight excluding hydrogens is 308 g/mol. The first-order chi connectivity index (χ1) is 11.2. The number of nitrogens with zero attached hydrogens (tertiary/aromatic N) is 4. The highest BCUT2D eigenvalue weighted by Gasteiger charge is 2.28. The molecule has 1 atom stereocenters. The van der Waals surface area contributed by atoms with E-state index >= 15 is 0 Å². The smallest absolute Gasteiger partial charge is 0.234 e. The molecule has 0 unspecified atom stereocenters. The average molecular weight is 324 g/mol. The molecule has 0 amide bonds. The maximum absolute atomic E-state index is 9.23. The third-order valence-electron chi connectivity index (χ3n) is 4.19. The monoisotopic (exact) mass is 324 g/mol. The normalized spacial score (nSPS) is 18.3. The van der Waals surface area contributed by atoms with Crippen LogP contribution in [0.4, 0.5) is 5.88 Å². The first kappa shape index (κ1) is 14.2. The van der Waals surface area contributed by atoms with Crippen LogP contribution in [0.2, 0.25) is 0 Å². The first-order valence-electron chi connectivity index (χ1n) is 7.72. The van der Waals surface area contributed by atoms with Crippen LogP contribution < -0.4 is 4.90 Å². The minimum atomic E-state index is 0.373. The molecule has 5 nitrogen and oxygen atoms in total. The van der Waals surface area contributed by atoms with Gasteiger partial charge >= 0.3 is 0 Å². The summed E-state index contributed by atoms with van der Waals surface area (Å²) < 4.78 is 6.89. The molecule has 0 saturated carbocycles. The molecule has 116 valence electrons. The molecule has 0 radical (unpaired) electrons. The Labute approximate surface area is 138 Å². The SMILES string of the molecule is Cc1nc(C#N)c(N2CCC[C@H](c3nc4ccccc4s3)C2)o1. The van der Waals surface area contributed by atoms with Crippen molar-refractivity contribution in [2.75, 3.05) is 18.0 Å². The largest absolute Gasteiger partial charge is 0.424 e. The van der Waals surface area contributed by atoms with Gasteiger partial charge in [-0.2, -0.15) is 5.26 Å². The minimum absolute atomic E-state index is 0.373. The fraction of sp³-hybridized carbons (Fsp3) is 0.353. The number of rotatable bonds is 2. The van der Waals surface area contributed by atoms with Gasteiger partial charge in [0.05, 0.1) is 15.2 Å². The van der Waals surface area contributed by atoms with E-state index in [-0.39, 0.29) is 0 Å². The number of thiazole rings is 1. The van der Waals surface area contributed by atoms with Gasteiger partial charge in [0, 0.05) is 25.9 Å². The van der Waals surface area contributed by atoms with E-state index in [0.717, 1.165) is 31.4 Å². The predicted octanol–water partition coefficient (Wildman–Crippen LogP) is 3.85. The maximum atomic E-state index is 9.23. The zero-order chi connectivity index (χ0) is 15.8. The van der Waals surface area contributed by atoms with Crippen LogP contribution in [0.5, 0.6) is 0 Å². The summed E-state index contributed by atoms with van der Waals surface area (Å²) in [4.78, 5) is 11.1. The third kappa shape index (κ3) is 2.57. The highest BCUT2D eigenvalue weighted by molar-refractivity contribution is 7.18. The van der Waals surface area contributed by atoms with Crippen LogP contribution in [-0.4, -0.2) is 23.1 Å². The highest BCUT2D eigenvalue weighted by atomic mass is 32.1. The molecule has 1 aromatic carbocycles. The highest BCUT2D eigenvalue weighted by Crippen LogP contribution is 2.35. The standard InChI is InChI=1S/C17H16N4OS/c1-11-19-14(9-18)17(22-11)21-8-4-5-12(10-21)16-20-13-6-2-3-7-15(13)23-16/h2-3,6-7,12H,4-5,8,10H2,1H3/t12-/m0/s1. The first-order valence-corrected chi connectivity index (χ1v) is 8.54. The number of fused-ring (bicyclic) bond motifs is 1. The second-order valence-corrected chi connectivity index (χ2v) is 6.87. The topological polar surface area (TPSA) is 66.0 Å². The molecule has 3 heterocycles. The van der Waals surface area contributed by atoms with Gasteiger partial charge in [0.2, 0.25) is 11.6 Å². The summed E-state index contributed by atoms with van der Waals surface area (Å²) >= 11 is 1.77. The summed E-state index contributed by atoms with van der Waals surface area (Å²) in [5.74, 6) is 1.52. The second-order valence-electron chi connectivity index (χ2n) is 5.80. The van der Waals surface area contributed by atoms with Gasteiger partial charge in [-0.15, -0.1) is 11.3 Å². The summed E-state index contributed by atoms with van der Waals surface area (Å²) in [5.41, 5.74) is 1.45. The Kier molecular flexibility index (Phi) is 3.50. The van der Waals surface area contributed by atoms with Gasteiger partial charge in [-0.25, -0.2) is 9.97 Å². The molecule has 0 bridgehead atoms. The number of nitriles is 1. The Hall–Kier alpha value is -2.39. The zero-order valence-corrected chi connectivity index (χ0v) is 13.6. The lowest BCUT2D eigenvalue weighted by Gasteiger charge is -2.31. The van der Waals surface area contributed by atoms with Crippen molar-refractivity contribution in [1.82, 2.24) is 9.97 Å². The molecule has 23 heavy (non-hydrogen) atoms. The van der Waals surface area contributed by atoms with E-state index in [4.69, 9.17) is 9.40 Å². The molecule has 3 aromatic rings. The van der Waals surface area contributed by atoms with Crippen molar-refractivity contribution in [3.05, 3.63) is 40.9 Å². The fourth-order valence-electron chi connectivity index (χ4n) is 3.13. The van der Waals surface area contributed by atoms with Gasteiger partial charge in [0.25, 0.3) is 0 Å². The zero-order valence-electron chi connectivity index (χ0n) is 12.8. The Balaban J connectivity index is 1.63. The molecule has 1 aliphatic rings. The van der Waals surface area contributed by atoms with Crippen LogP contribution in [-0.2, 0) is 0 Å². The Morgan fingerprint density at radius 2 is 2.22 bits per heavy atom. The summed E-state index contributed by atoms with van der Waals surface area (Å²) in [6.45, 7) is 3.49. The lowest BCUT2D eigenvalue weighted by molar-refractivity contribution is 0.453. The van der Waals surface area contributed by atoms with Crippen molar-refractivity contribution < 1.29 is 4.42 Å². The summed E-state index contributed by atoms with van der Waals surface area (Å²) in [5, 5.41) is 10.4. The van der Waals surface area contributed by atoms with E-state index in [1.54, 1.807) is 18.3 Å².